The van der Waals surface area contributed by atoms with Crippen LogP contribution in [0.15, 0.2) is 54.6 Å². The van der Waals surface area contributed by atoms with Gasteiger partial charge in [-0.05, 0) is 24.1 Å². The van der Waals surface area contributed by atoms with Crippen LogP contribution in [0.25, 0.3) is 0 Å². The van der Waals surface area contributed by atoms with Crippen LogP contribution in [0, 0.1) is 0 Å². The second-order valence-corrected chi connectivity index (χ2v) is 10.0. The zero-order valence-corrected chi connectivity index (χ0v) is 15.1. The van der Waals surface area contributed by atoms with Crippen molar-refractivity contribution in [2.75, 3.05) is 13.2 Å². The van der Waals surface area contributed by atoms with Crippen molar-refractivity contribution in [3.8, 4) is 0 Å². The zero-order chi connectivity index (χ0) is 18.5. The lowest BCUT2D eigenvalue weighted by Gasteiger charge is -2.27. The number of halogens is 3. The molecule has 0 N–H and O–H groups in total. The van der Waals surface area contributed by atoms with E-state index >= 15 is 0 Å². The molecule has 2 saturated heterocycles. The molecule has 2 aliphatic heterocycles. The standard InChI is InChI=1S/C19H19F3NO2P/c1-23-17(13-7-9-14(10-8-13)19(20,21)22)18-16(25-23)11-12-26(18,24)15-5-3-2-4-6-15/h2-10,16-18H,11-12H2,1H3/t16-,17-,18+,26-/m0/s1. The topological polar surface area (TPSA) is 29.5 Å². The molecule has 2 fully saturated rings. The van der Waals surface area contributed by atoms with E-state index < -0.39 is 18.9 Å². The third-order valence-corrected chi connectivity index (χ3v) is 9.07. The molecule has 26 heavy (non-hydrogen) atoms. The summed E-state index contributed by atoms with van der Waals surface area (Å²) in [5.41, 5.74) is -0.227. The second-order valence-electron chi connectivity index (χ2n) is 6.89. The maximum absolute atomic E-state index is 13.9. The zero-order valence-electron chi connectivity index (χ0n) is 14.2. The molecule has 0 amide bonds. The Labute approximate surface area is 150 Å². The molecule has 0 aliphatic carbocycles. The Balaban J connectivity index is 1.73. The smallest absolute Gasteiger partial charge is 0.318 e. The third-order valence-electron chi connectivity index (χ3n) is 5.40. The fourth-order valence-electron chi connectivity index (χ4n) is 4.21. The fourth-order valence-corrected chi connectivity index (χ4v) is 7.98. The Morgan fingerprint density at radius 2 is 1.73 bits per heavy atom. The largest absolute Gasteiger partial charge is 0.416 e. The average Bonchev–Trinajstić information content (AvgIpc) is 3.12. The van der Waals surface area contributed by atoms with Gasteiger partial charge >= 0.3 is 6.18 Å². The summed E-state index contributed by atoms with van der Waals surface area (Å²) in [6, 6.07) is 14.2. The van der Waals surface area contributed by atoms with Crippen molar-refractivity contribution in [2.24, 2.45) is 0 Å². The van der Waals surface area contributed by atoms with E-state index in [4.69, 9.17) is 4.84 Å². The lowest BCUT2D eigenvalue weighted by atomic mass is 9.99. The van der Waals surface area contributed by atoms with Crippen molar-refractivity contribution in [3.63, 3.8) is 0 Å². The first kappa shape index (κ1) is 17.8. The van der Waals surface area contributed by atoms with Crippen LogP contribution in [0.4, 0.5) is 13.2 Å². The highest BCUT2D eigenvalue weighted by Gasteiger charge is 2.56. The van der Waals surface area contributed by atoms with Gasteiger partial charge in [-0.15, -0.1) is 0 Å². The number of hydrogen-bond donors (Lipinski definition) is 0. The van der Waals surface area contributed by atoms with Crippen LogP contribution in [0.5, 0.6) is 0 Å². The van der Waals surface area contributed by atoms with Crippen LogP contribution in [0.2, 0.25) is 0 Å². The van der Waals surface area contributed by atoms with Crippen LogP contribution < -0.4 is 5.30 Å². The molecule has 7 heteroatoms. The van der Waals surface area contributed by atoms with Crippen molar-refractivity contribution < 1.29 is 22.6 Å². The average molecular weight is 381 g/mol. The van der Waals surface area contributed by atoms with Crippen molar-refractivity contribution in [1.82, 2.24) is 5.06 Å². The van der Waals surface area contributed by atoms with Crippen molar-refractivity contribution in [1.29, 1.82) is 0 Å². The molecular weight excluding hydrogens is 362 g/mol. The first-order valence-electron chi connectivity index (χ1n) is 8.52. The molecule has 0 bridgehead atoms. The van der Waals surface area contributed by atoms with E-state index in [-0.39, 0.29) is 17.8 Å². The van der Waals surface area contributed by atoms with Crippen molar-refractivity contribution in [2.45, 2.75) is 30.4 Å². The first-order valence-corrected chi connectivity index (χ1v) is 10.5. The molecule has 4 rings (SSSR count). The molecule has 2 aromatic carbocycles. The van der Waals surface area contributed by atoms with E-state index in [0.29, 0.717) is 18.1 Å². The maximum atomic E-state index is 13.9. The van der Waals surface area contributed by atoms with Gasteiger partial charge in [-0.25, -0.2) is 0 Å². The van der Waals surface area contributed by atoms with Crippen LogP contribution >= 0.6 is 7.14 Å². The fraction of sp³-hybridized carbons (Fsp3) is 0.368. The molecule has 0 spiro atoms. The predicted octanol–water partition coefficient (Wildman–Crippen LogP) is 4.45. The summed E-state index contributed by atoms with van der Waals surface area (Å²) in [4.78, 5) is 5.91. The highest BCUT2D eigenvalue weighted by atomic mass is 31.2. The minimum atomic E-state index is -4.37. The van der Waals surface area contributed by atoms with Gasteiger partial charge in [0, 0.05) is 18.5 Å². The number of nitrogens with zero attached hydrogens (tertiary/aromatic N) is 1. The number of hydroxylamine groups is 2. The van der Waals surface area contributed by atoms with Gasteiger partial charge in [-0.2, -0.15) is 18.2 Å². The lowest BCUT2D eigenvalue weighted by molar-refractivity contribution is -0.143. The summed E-state index contributed by atoms with van der Waals surface area (Å²) in [5.74, 6) is 0. The van der Waals surface area contributed by atoms with Gasteiger partial charge in [-0.1, -0.05) is 42.5 Å². The molecule has 2 aliphatic rings. The lowest BCUT2D eigenvalue weighted by Crippen LogP contribution is -2.27. The summed E-state index contributed by atoms with van der Waals surface area (Å²) in [7, 11) is -0.958. The predicted molar refractivity (Wildman–Crippen MR) is 93.8 cm³/mol. The molecule has 0 saturated carbocycles. The molecule has 0 unspecified atom stereocenters. The Kier molecular flexibility index (Phi) is 4.25. The Bertz CT molecular complexity index is 838. The third kappa shape index (κ3) is 2.81. The summed E-state index contributed by atoms with van der Waals surface area (Å²) in [6.07, 6.45) is -3.28. The second kappa shape index (κ2) is 6.22. The highest BCUT2D eigenvalue weighted by Crippen LogP contribution is 2.64. The number of alkyl halides is 3. The highest BCUT2D eigenvalue weighted by molar-refractivity contribution is 7.72. The number of hydrogen-bond acceptors (Lipinski definition) is 3. The van der Waals surface area contributed by atoms with Crippen LogP contribution in [0.3, 0.4) is 0 Å². The van der Waals surface area contributed by atoms with E-state index in [1.165, 1.54) is 12.1 Å². The summed E-state index contributed by atoms with van der Waals surface area (Å²) in [5, 5.41) is 2.48. The van der Waals surface area contributed by atoms with Crippen LogP contribution in [-0.2, 0) is 15.6 Å². The Morgan fingerprint density at radius 1 is 1.08 bits per heavy atom. The molecule has 3 nitrogen and oxygen atoms in total. The van der Waals surface area contributed by atoms with Gasteiger partial charge in [0.15, 0.2) is 0 Å². The van der Waals surface area contributed by atoms with E-state index in [1.807, 2.05) is 30.3 Å². The quantitative estimate of drug-likeness (QED) is 0.720. The van der Waals surface area contributed by atoms with Crippen molar-refractivity contribution >= 4 is 12.4 Å². The van der Waals surface area contributed by atoms with Crippen molar-refractivity contribution in [3.05, 3.63) is 65.7 Å². The first-order chi connectivity index (χ1) is 12.3. The van der Waals surface area contributed by atoms with E-state index in [2.05, 4.69) is 0 Å². The minimum Gasteiger partial charge on any atom is -0.318 e. The van der Waals surface area contributed by atoms with Gasteiger partial charge in [0.2, 0.25) is 0 Å². The Morgan fingerprint density at radius 3 is 2.35 bits per heavy atom. The van der Waals surface area contributed by atoms with Gasteiger partial charge in [-0.3, -0.25) is 4.84 Å². The number of rotatable bonds is 2. The summed E-state index contributed by atoms with van der Waals surface area (Å²) in [6.45, 7) is 0. The summed E-state index contributed by atoms with van der Waals surface area (Å²) >= 11 is 0. The molecule has 2 aromatic rings. The molecule has 138 valence electrons. The SMILES string of the molecule is CN1O[C@H]2CC[P@](=O)(c3ccccc3)[C@H]2[C@@H]1c1ccc(C(F)(F)F)cc1. The molecule has 0 aromatic heterocycles. The molecule has 0 radical (unpaired) electrons. The monoisotopic (exact) mass is 381 g/mol. The minimum absolute atomic E-state index is 0.168. The van der Waals surface area contributed by atoms with E-state index in [0.717, 1.165) is 17.4 Å². The van der Waals surface area contributed by atoms with E-state index in [1.54, 1.807) is 12.1 Å². The summed E-state index contributed by atoms with van der Waals surface area (Å²) < 4.78 is 52.5. The van der Waals surface area contributed by atoms with Gasteiger partial charge in [0.25, 0.3) is 0 Å². The Hall–Kier alpha value is -1.62. The normalized spacial score (nSPS) is 31.9. The van der Waals surface area contributed by atoms with Crippen LogP contribution in [0.1, 0.15) is 23.6 Å². The number of benzene rings is 2. The molecule has 2 heterocycles. The molecular formula is C19H19F3NO2P. The van der Waals surface area contributed by atoms with E-state index in [9.17, 15) is 17.7 Å². The van der Waals surface area contributed by atoms with Gasteiger partial charge in [0.1, 0.15) is 7.14 Å². The number of fused-ring (bicyclic) bond motifs is 1. The van der Waals surface area contributed by atoms with Crippen LogP contribution in [-0.4, -0.2) is 30.0 Å². The van der Waals surface area contributed by atoms with Gasteiger partial charge in [0.05, 0.1) is 23.4 Å². The maximum Gasteiger partial charge on any atom is 0.416 e. The molecule has 4 atom stereocenters. The van der Waals surface area contributed by atoms with Gasteiger partial charge < -0.3 is 4.57 Å².